The molecule has 2 atom stereocenters. The first-order chi connectivity index (χ1) is 14.6. The predicted octanol–water partition coefficient (Wildman–Crippen LogP) is 1.83. The van der Waals surface area contributed by atoms with E-state index in [1.54, 1.807) is 11.6 Å². The number of hydrogen-bond acceptors (Lipinski definition) is 5. The summed E-state index contributed by atoms with van der Waals surface area (Å²) in [5, 5.41) is 12.9. The van der Waals surface area contributed by atoms with Crippen molar-refractivity contribution in [3.63, 3.8) is 0 Å². The lowest BCUT2D eigenvalue weighted by Gasteiger charge is -2.12. The second-order valence-corrected chi connectivity index (χ2v) is 7.90. The zero-order valence-electron chi connectivity index (χ0n) is 17.0. The maximum absolute atomic E-state index is 13.1. The molecule has 3 aromatic rings. The molecule has 1 aliphatic carbocycles. The number of hydrogen-bond donors (Lipinski definition) is 2. The summed E-state index contributed by atoms with van der Waals surface area (Å²) in [6.45, 7) is -0.164. The van der Waals surface area contributed by atoms with E-state index in [0.717, 1.165) is 23.1 Å². The molecule has 11 heteroatoms. The summed E-state index contributed by atoms with van der Waals surface area (Å²) in [7, 11) is 3.14. The molecule has 1 aromatic carbocycles. The fraction of sp³-hybridized carbons (Fsp3) is 0.450. The van der Waals surface area contributed by atoms with Crippen molar-refractivity contribution in [1.82, 2.24) is 18.7 Å². The van der Waals surface area contributed by atoms with Crippen molar-refractivity contribution < 1.29 is 18.3 Å². The minimum Gasteiger partial charge on any atom is -0.393 e. The summed E-state index contributed by atoms with van der Waals surface area (Å²) in [5.74, 6) is 0.411. The lowest BCUT2D eigenvalue weighted by molar-refractivity contribution is -0.137. The van der Waals surface area contributed by atoms with Crippen molar-refractivity contribution in [1.29, 1.82) is 0 Å². The van der Waals surface area contributed by atoms with Gasteiger partial charge in [-0.05, 0) is 37.0 Å². The van der Waals surface area contributed by atoms with Crippen molar-refractivity contribution in [3.05, 3.63) is 56.2 Å². The van der Waals surface area contributed by atoms with Crippen LogP contribution in [0.15, 0.2) is 33.9 Å². The highest BCUT2D eigenvalue weighted by molar-refractivity contribution is 5.74. The highest BCUT2D eigenvalue weighted by atomic mass is 19.4. The molecule has 0 aliphatic heterocycles. The number of nitrogens with zero attached hydrogens (tertiary/aromatic N) is 4. The van der Waals surface area contributed by atoms with Gasteiger partial charge in [0.05, 0.1) is 18.2 Å². The normalized spacial score (nSPS) is 19.3. The highest BCUT2D eigenvalue weighted by Crippen LogP contribution is 2.29. The van der Waals surface area contributed by atoms with Gasteiger partial charge in [0.2, 0.25) is 5.95 Å². The van der Waals surface area contributed by atoms with Gasteiger partial charge in [0.1, 0.15) is 0 Å². The Hall–Kier alpha value is -3.08. The molecule has 2 heterocycles. The Bertz CT molecular complexity index is 1240. The van der Waals surface area contributed by atoms with Crippen LogP contribution in [0.3, 0.4) is 0 Å². The van der Waals surface area contributed by atoms with Crippen molar-refractivity contribution in [2.75, 3.05) is 5.32 Å². The molecule has 1 fully saturated rings. The summed E-state index contributed by atoms with van der Waals surface area (Å²) >= 11 is 0. The molecule has 8 nitrogen and oxygen atoms in total. The van der Waals surface area contributed by atoms with Gasteiger partial charge in [0.15, 0.2) is 11.2 Å². The van der Waals surface area contributed by atoms with Gasteiger partial charge in [-0.1, -0.05) is 12.1 Å². The topological polar surface area (TPSA) is 94.1 Å². The first-order valence-corrected chi connectivity index (χ1v) is 9.83. The first-order valence-electron chi connectivity index (χ1n) is 9.83. The monoisotopic (exact) mass is 437 g/mol. The molecule has 1 saturated carbocycles. The van der Waals surface area contributed by atoms with Crippen LogP contribution in [0.5, 0.6) is 0 Å². The largest absolute Gasteiger partial charge is 0.416 e. The van der Waals surface area contributed by atoms with E-state index < -0.39 is 23.0 Å². The smallest absolute Gasteiger partial charge is 0.393 e. The quantitative estimate of drug-likeness (QED) is 0.650. The Balaban J connectivity index is 1.72. The van der Waals surface area contributed by atoms with Gasteiger partial charge in [0, 0.05) is 20.1 Å². The van der Waals surface area contributed by atoms with E-state index in [4.69, 9.17) is 0 Å². The predicted molar refractivity (Wildman–Crippen MR) is 108 cm³/mol. The summed E-state index contributed by atoms with van der Waals surface area (Å²) in [6.07, 6.45) is -2.82. The molecule has 4 rings (SSSR count). The molecule has 0 radical (unpaired) electrons. The third-order valence-electron chi connectivity index (χ3n) is 5.72. The van der Waals surface area contributed by atoms with E-state index in [1.807, 2.05) is 0 Å². The molecule has 0 saturated heterocycles. The summed E-state index contributed by atoms with van der Waals surface area (Å²) in [4.78, 5) is 30.3. The molecule has 2 aromatic heterocycles. The van der Waals surface area contributed by atoms with Crippen molar-refractivity contribution >= 4 is 17.1 Å². The molecule has 0 spiro atoms. The molecular weight excluding hydrogens is 415 g/mol. The fourth-order valence-electron chi connectivity index (χ4n) is 3.97. The Labute approximate surface area is 174 Å². The van der Waals surface area contributed by atoms with Gasteiger partial charge >= 0.3 is 11.9 Å². The van der Waals surface area contributed by atoms with Crippen LogP contribution in [0.2, 0.25) is 0 Å². The minimum atomic E-state index is -4.46. The van der Waals surface area contributed by atoms with Crippen LogP contribution in [-0.4, -0.2) is 35.9 Å². The van der Waals surface area contributed by atoms with Gasteiger partial charge in [-0.2, -0.15) is 18.2 Å². The van der Waals surface area contributed by atoms with Crippen LogP contribution in [0.25, 0.3) is 11.2 Å². The first kappa shape index (κ1) is 21.2. The number of benzene rings is 1. The molecule has 2 N–H and O–H groups in total. The number of fused-ring (bicyclic) bond motifs is 1. The standard InChI is InChI=1S/C20H22F3N5O3/c1-26-15-16(25-18(26)24-13-7-8-14(29)9-13)27(2)19(31)28(17(15)30)10-11-3-5-12(6-4-11)20(21,22)23/h3-6,13-14,29H,7-10H2,1-2H3,(H,24,25)/t13-,14-/m1/s1. The molecule has 31 heavy (non-hydrogen) atoms. The summed E-state index contributed by atoms with van der Waals surface area (Å²) in [5.41, 5.74) is -1.18. The van der Waals surface area contributed by atoms with Crippen LogP contribution >= 0.6 is 0 Å². The molecular formula is C20H22F3N5O3. The average molecular weight is 437 g/mol. The van der Waals surface area contributed by atoms with E-state index in [1.165, 1.54) is 23.7 Å². The number of halogens is 3. The van der Waals surface area contributed by atoms with Crippen LogP contribution in [0.1, 0.15) is 30.4 Å². The van der Waals surface area contributed by atoms with E-state index in [9.17, 15) is 27.9 Å². The number of anilines is 1. The number of imidazole rings is 1. The minimum absolute atomic E-state index is 0.0110. The number of aliphatic hydroxyl groups is 1. The van der Waals surface area contributed by atoms with E-state index in [0.29, 0.717) is 24.4 Å². The molecule has 1 aliphatic rings. The Kier molecular flexibility index (Phi) is 5.16. The third-order valence-corrected chi connectivity index (χ3v) is 5.72. The van der Waals surface area contributed by atoms with Gasteiger partial charge in [-0.3, -0.25) is 13.9 Å². The van der Waals surface area contributed by atoms with Crippen molar-refractivity contribution in [2.45, 2.75) is 44.1 Å². The molecule has 0 amide bonds. The highest BCUT2D eigenvalue weighted by Gasteiger charge is 2.30. The van der Waals surface area contributed by atoms with Crippen LogP contribution in [-0.2, 0) is 26.8 Å². The van der Waals surface area contributed by atoms with Gasteiger partial charge in [-0.15, -0.1) is 0 Å². The van der Waals surface area contributed by atoms with Crippen LogP contribution in [0, 0.1) is 0 Å². The number of aromatic nitrogens is 4. The number of aliphatic hydroxyl groups excluding tert-OH is 1. The number of rotatable bonds is 4. The number of alkyl halides is 3. The van der Waals surface area contributed by atoms with Crippen molar-refractivity contribution in [2.24, 2.45) is 14.1 Å². The van der Waals surface area contributed by atoms with E-state index >= 15 is 0 Å². The molecule has 0 bridgehead atoms. The molecule has 166 valence electrons. The zero-order valence-corrected chi connectivity index (χ0v) is 17.0. The Morgan fingerprint density at radius 1 is 1.13 bits per heavy atom. The van der Waals surface area contributed by atoms with Gasteiger partial charge in [-0.25, -0.2) is 4.79 Å². The third kappa shape index (κ3) is 3.85. The number of nitrogens with one attached hydrogen (secondary N) is 1. The summed E-state index contributed by atoms with van der Waals surface area (Å²) < 4.78 is 42.1. The van der Waals surface area contributed by atoms with E-state index in [2.05, 4.69) is 10.3 Å². The second kappa shape index (κ2) is 7.56. The lowest BCUT2D eigenvalue weighted by Crippen LogP contribution is -2.39. The maximum atomic E-state index is 13.1. The SMILES string of the molecule is Cn1c(N[C@@H]2CC[C@@H](O)C2)nc2c1c(=O)n(Cc1ccc(C(F)(F)F)cc1)c(=O)n2C. The van der Waals surface area contributed by atoms with Gasteiger partial charge < -0.3 is 15.0 Å². The summed E-state index contributed by atoms with van der Waals surface area (Å²) in [6, 6.07) is 4.36. The Morgan fingerprint density at radius 2 is 1.81 bits per heavy atom. The fourth-order valence-corrected chi connectivity index (χ4v) is 3.97. The average Bonchev–Trinajstić information content (AvgIpc) is 3.26. The van der Waals surface area contributed by atoms with Crippen molar-refractivity contribution in [3.8, 4) is 0 Å². The Morgan fingerprint density at radius 3 is 2.39 bits per heavy atom. The maximum Gasteiger partial charge on any atom is 0.416 e. The zero-order chi connectivity index (χ0) is 22.5. The molecule has 0 unspecified atom stereocenters. The number of aryl methyl sites for hydroxylation is 2. The van der Waals surface area contributed by atoms with Crippen LogP contribution < -0.4 is 16.6 Å². The lowest BCUT2D eigenvalue weighted by atomic mass is 10.1. The van der Waals surface area contributed by atoms with E-state index in [-0.39, 0.29) is 29.9 Å². The van der Waals surface area contributed by atoms with Gasteiger partial charge in [0.25, 0.3) is 5.56 Å². The second-order valence-electron chi connectivity index (χ2n) is 7.90. The van der Waals surface area contributed by atoms with Crippen LogP contribution in [0.4, 0.5) is 19.1 Å².